The molecule has 0 radical (unpaired) electrons. The summed E-state index contributed by atoms with van der Waals surface area (Å²) in [4.78, 5) is 18.2. The maximum absolute atomic E-state index is 13.0. The van der Waals surface area contributed by atoms with Gasteiger partial charge in [-0.05, 0) is 37.0 Å². The molecule has 3 fully saturated rings. The van der Waals surface area contributed by atoms with Crippen LogP contribution in [0.2, 0.25) is 0 Å². The molecule has 122 valence electrons. The van der Waals surface area contributed by atoms with Gasteiger partial charge in [-0.3, -0.25) is 9.63 Å². The van der Waals surface area contributed by atoms with Crippen LogP contribution in [-0.2, 0) is 19.7 Å². The molecule has 0 amide bonds. The van der Waals surface area contributed by atoms with E-state index in [1.807, 2.05) is 12.2 Å². The number of rotatable bonds is 3. The summed E-state index contributed by atoms with van der Waals surface area (Å²) in [5, 5.41) is 0. The van der Waals surface area contributed by atoms with Crippen LogP contribution in [0.3, 0.4) is 0 Å². The molecule has 0 aromatic rings. The minimum atomic E-state index is -3.61. The molecule has 6 heteroatoms. The van der Waals surface area contributed by atoms with Gasteiger partial charge in [0, 0.05) is 11.8 Å². The molecule has 5 nitrogen and oxygen atoms in total. The number of nitrogens with zero attached hydrogens (tertiary/aromatic N) is 1. The molecule has 2 aliphatic heterocycles. The van der Waals surface area contributed by atoms with Gasteiger partial charge in [0.05, 0.1) is 17.9 Å². The van der Waals surface area contributed by atoms with Gasteiger partial charge in [0.2, 0.25) is 10.0 Å². The lowest BCUT2D eigenvalue weighted by Crippen LogP contribution is -2.53. The van der Waals surface area contributed by atoms with Gasteiger partial charge in [0.25, 0.3) is 0 Å². The standard InChI is InChI=1S/C16H23NO4S/c1-15(2)11-7-8-16(15,14(18)9-11)10-22(19,20)17-12-3-5-13(21-17)6-4-12/h3,5,11-13H,4,6-10H2,1-2H3/t11-,12-,13+,16-/m1/s1. The van der Waals surface area contributed by atoms with Gasteiger partial charge in [-0.1, -0.05) is 30.5 Å². The summed E-state index contributed by atoms with van der Waals surface area (Å²) in [5.74, 6) is 0.364. The topological polar surface area (TPSA) is 63.7 Å². The molecule has 5 aliphatic rings. The predicted molar refractivity (Wildman–Crippen MR) is 81.2 cm³/mol. The second kappa shape index (κ2) is 4.42. The van der Waals surface area contributed by atoms with E-state index >= 15 is 0 Å². The SMILES string of the molecule is CC1(C)[C@@H]2CC[C@@]1(CS(=O)(=O)N1O[C@H]3C=C[C@@H]1CC3)C(=O)C2. The largest absolute Gasteiger partial charge is 0.299 e. The molecule has 1 saturated heterocycles. The van der Waals surface area contributed by atoms with Gasteiger partial charge in [-0.15, -0.1) is 0 Å². The highest BCUT2D eigenvalue weighted by Gasteiger charge is 2.66. The average molecular weight is 325 g/mol. The highest BCUT2D eigenvalue weighted by Crippen LogP contribution is 2.64. The van der Waals surface area contributed by atoms with Crippen molar-refractivity contribution in [2.75, 3.05) is 5.75 Å². The number of fused-ring (bicyclic) bond motifs is 4. The van der Waals surface area contributed by atoms with Gasteiger partial charge in [-0.25, -0.2) is 8.42 Å². The quantitative estimate of drug-likeness (QED) is 0.745. The van der Waals surface area contributed by atoms with Crippen LogP contribution < -0.4 is 0 Å². The van der Waals surface area contributed by atoms with Crippen LogP contribution in [0.15, 0.2) is 12.2 Å². The van der Waals surface area contributed by atoms with Crippen molar-refractivity contribution in [3.05, 3.63) is 12.2 Å². The first-order chi connectivity index (χ1) is 10.3. The Morgan fingerprint density at radius 2 is 2.05 bits per heavy atom. The summed E-state index contributed by atoms with van der Waals surface area (Å²) >= 11 is 0. The number of carbonyl (C=O) groups excluding carboxylic acids is 1. The summed E-state index contributed by atoms with van der Waals surface area (Å²) in [6.45, 7) is 4.13. The van der Waals surface area contributed by atoms with E-state index in [9.17, 15) is 13.2 Å². The van der Waals surface area contributed by atoms with Crippen LogP contribution in [0.5, 0.6) is 0 Å². The predicted octanol–water partition coefficient (Wildman–Crippen LogP) is 2.05. The minimum absolute atomic E-state index is 0.0978. The van der Waals surface area contributed by atoms with E-state index in [-0.39, 0.29) is 29.1 Å². The third-order valence-corrected chi connectivity index (χ3v) is 8.41. The average Bonchev–Trinajstić information content (AvgIpc) is 2.82. The molecule has 0 spiro atoms. The fourth-order valence-corrected chi connectivity index (χ4v) is 7.27. The van der Waals surface area contributed by atoms with E-state index in [0.29, 0.717) is 18.8 Å². The van der Waals surface area contributed by atoms with E-state index < -0.39 is 15.4 Å². The molecule has 0 unspecified atom stereocenters. The van der Waals surface area contributed by atoms with Gasteiger partial charge in [0.1, 0.15) is 5.78 Å². The summed E-state index contributed by atoms with van der Waals surface area (Å²) in [7, 11) is -3.61. The van der Waals surface area contributed by atoms with Crippen LogP contribution in [-0.4, -0.2) is 36.6 Å². The third-order valence-electron chi connectivity index (χ3n) is 6.65. The summed E-state index contributed by atoms with van der Waals surface area (Å²) in [5.41, 5.74) is -0.956. The Hall–Kier alpha value is -0.720. The third kappa shape index (κ3) is 1.77. The Morgan fingerprint density at radius 1 is 1.27 bits per heavy atom. The highest BCUT2D eigenvalue weighted by molar-refractivity contribution is 7.89. The highest BCUT2D eigenvalue weighted by atomic mass is 32.2. The lowest BCUT2D eigenvalue weighted by Gasteiger charge is -2.42. The lowest BCUT2D eigenvalue weighted by molar-refractivity contribution is -0.169. The van der Waals surface area contributed by atoms with Crippen LogP contribution in [0.1, 0.15) is 46.0 Å². The molecule has 4 bridgehead atoms. The summed E-state index contributed by atoms with van der Waals surface area (Å²) < 4.78 is 27.1. The van der Waals surface area contributed by atoms with E-state index in [1.165, 1.54) is 4.47 Å². The maximum Gasteiger partial charge on any atom is 0.237 e. The first-order valence-electron chi connectivity index (χ1n) is 8.17. The van der Waals surface area contributed by atoms with Crippen LogP contribution >= 0.6 is 0 Å². The van der Waals surface area contributed by atoms with Crippen molar-refractivity contribution in [3.63, 3.8) is 0 Å². The fourth-order valence-electron chi connectivity index (χ4n) is 5.01. The number of hydrogen-bond acceptors (Lipinski definition) is 4. The zero-order chi connectivity index (χ0) is 15.8. The molecule has 0 N–H and O–H groups in total. The van der Waals surface area contributed by atoms with Crippen molar-refractivity contribution in [2.24, 2.45) is 16.7 Å². The maximum atomic E-state index is 13.0. The number of ketones is 1. The van der Waals surface area contributed by atoms with E-state index in [0.717, 1.165) is 19.3 Å². The van der Waals surface area contributed by atoms with Crippen LogP contribution in [0.4, 0.5) is 0 Å². The van der Waals surface area contributed by atoms with Crippen molar-refractivity contribution < 1.29 is 18.0 Å². The van der Waals surface area contributed by atoms with Crippen molar-refractivity contribution in [1.29, 1.82) is 0 Å². The monoisotopic (exact) mass is 325 g/mol. The zero-order valence-electron chi connectivity index (χ0n) is 13.1. The molecular weight excluding hydrogens is 302 g/mol. The molecular formula is C16H23NO4S. The van der Waals surface area contributed by atoms with Gasteiger partial charge in [-0.2, -0.15) is 0 Å². The molecule has 5 rings (SSSR count). The van der Waals surface area contributed by atoms with Crippen molar-refractivity contribution >= 4 is 15.8 Å². The molecule has 2 heterocycles. The van der Waals surface area contributed by atoms with Crippen molar-refractivity contribution in [1.82, 2.24) is 4.47 Å². The molecule has 22 heavy (non-hydrogen) atoms. The lowest BCUT2D eigenvalue weighted by atomic mass is 9.70. The number of hydroxylamine groups is 1. The molecule has 4 atom stereocenters. The number of carbonyl (C=O) groups is 1. The van der Waals surface area contributed by atoms with Gasteiger partial charge < -0.3 is 0 Å². The Balaban J connectivity index is 1.65. The second-order valence-corrected chi connectivity index (χ2v) is 9.66. The van der Waals surface area contributed by atoms with E-state index in [2.05, 4.69) is 13.8 Å². The second-order valence-electron chi connectivity index (χ2n) is 7.85. The van der Waals surface area contributed by atoms with Crippen LogP contribution in [0.25, 0.3) is 0 Å². The summed E-state index contributed by atoms with van der Waals surface area (Å²) in [6, 6.07) is -0.205. The molecule has 0 aromatic carbocycles. The van der Waals surface area contributed by atoms with Crippen molar-refractivity contribution in [2.45, 2.75) is 58.1 Å². The Morgan fingerprint density at radius 3 is 2.50 bits per heavy atom. The number of hydrogen-bond donors (Lipinski definition) is 0. The smallest absolute Gasteiger partial charge is 0.237 e. The van der Waals surface area contributed by atoms with E-state index in [4.69, 9.17) is 4.84 Å². The summed E-state index contributed by atoms with van der Waals surface area (Å²) in [6.07, 6.45) is 7.58. The molecule has 2 saturated carbocycles. The van der Waals surface area contributed by atoms with E-state index in [1.54, 1.807) is 0 Å². The number of Topliss-reactive ketones (excluding diaryl/α,β-unsaturated/α-hetero) is 1. The normalized spacial score (nSPS) is 43.2. The Labute approximate surface area is 131 Å². The van der Waals surface area contributed by atoms with Crippen LogP contribution in [0, 0.1) is 16.7 Å². The Bertz CT molecular complexity index is 653. The number of sulfonamides is 1. The minimum Gasteiger partial charge on any atom is -0.299 e. The Kier molecular flexibility index (Phi) is 2.99. The first kappa shape index (κ1) is 14.8. The van der Waals surface area contributed by atoms with Gasteiger partial charge >= 0.3 is 0 Å². The first-order valence-corrected chi connectivity index (χ1v) is 9.78. The zero-order valence-corrected chi connectivity index (χ0v) is 13.9. The van der Waals surface area contributed by atoms with Gasteiger partial charge in [0.15, 0.2) is 0 Å². The molecule has 3 aliphatic carbocycles. The molecule has 0 aromatic heterocycles. The fraction of sp³-hybridized carbons (Fsp3) is 0.812. The van der Waals surface area contributed by atoms with Crippen molar-refractivity contribution in [3.8, 4) is 0 Å².